The van der Waals surface area contributed by atoms with Gasteiger partial charge in [0, 0.05) is 37.2 Å². The molecule has 1 aliphatic carbocycles. The van der Waals surface area contributed by atoms with E-state index in [0.29, 0.717) is 23.5 Å². The van der Waals surface area contributed by atoms with Crippen molar-refractivity contribution in [3.05, 3.63) is 0 Å². The van der Waals surface area contributed by atoms with Gasteiger partial charge in [-0.2, -0.15) is 0 Å². The molecule has 3 unspecified atom stereocenters. The molecular formula is C15H29NO2. The second-order valence-electron chi connectivity index (χ2n) is 6.82. The zero-order valence-corrected chi connectivity index (χ0v) is 12.4. The van der Waals surface area contributed by atoms with Crippen LogP contribution in [-0.2, 0) is 9.47 Å². The van der Waals surface area contributed by atoms with Gasteiger partial charge >= 0.3 is 0 Å². The SMILES string of the molecule is CC(C)COCCCNC1C2CCOC2C1(C)C. The van der Waals surface area contributed by atoms with E-state index in [1.54, 1.807) is 0 Å². The first-order valence-electron chi connectivity index (χ1n) is 7.46. The predicted octanol–water partition coefficient (Wildman–Crippen LogP) is 2.45. The van der Waals surface area contributed by atoms with Crippen LogP contribution in [0.25, 0.3) is 0 Å². The topological polar surface area (TPSA) is 30.5 Å². The van der Waals surface area contributed by atoms with Gasteiger partial charge in [-0.3, -0.25) is 0 Å². The second kappa shape index (κ2) is 5.89. The third kappa shape index (κ3) is 2.89. The number of nitrogens with one attached hydrogen (secondary N) is 1. The molecule has 1 saturated carbocycles. The van der Waals surface area contributed by atoms with Gasteiger partial charge < -0.3 is 14.8 Å². The third-order valence-corrected chi connectivity index (χ3v) is 4.38. The Bertz CT molecular complexity index is 265. The molecule has 0 amide bonds. The van der Waals surface area contributed by atoms with Crippen molar-refractivity contribution in [2.24, 2.45) is 17.3 Å². The summed E-state index contributed by atoms with van der Waals surface area (Å²) in [7, 11) is 0. The molecular weight excluding hydrogens is 226 g/mol. The Kier molecular flexibility index (Phi) is 4.68. The van der Waals surface area contributed by atoms with Gasteiger partial charge in [0.2, 0.25) is 0 Å². The van der Waals surface area contributed by atoms with Crippen molar-refractivity contribution in [3.8, 4) is 0 Å². The number of hydrogen-bond acceptors (Lipinski definition) is 3. The molecule has 3 nitrogen and oxygen atoms in total. The molecule has 2 rings (SSSR count). The fourth-order valence-corrected chi connectivity index (χ4v) is 3.49. The van der Waals surface area contributed by atoms with Crippen LogP contribution in [0.4, 0.5) is 0 Å². The van der Waals surface area contributed by atoms with Crippen molar-refractivity contribution in [2.75, 3.05) is 26.4 Å². The molecule has 0 radical (unpaired) electrons. The van der Waals surface area contributed by atoms with Gasteiger partial charge in [-0.1, -0.05) is 27.7 Å². The fourth-order valence-electron chi connectivity index (χ4n) is 3.49. The molecule has 18 heavy (non-hydrogen) atoms. The highest BCUT2D eigenvalue weighted by Crippen LogP contribution is 2.51. The zero-order valence-electron chi connectivity index (χ0n) is 12.4. The van der Waals surface area contributed by atoms with E-state index in [-0.39, 0.29) is 0 Å². The normalized spacial score (nSPS) is 33.5. The first kappa shape index (κ1) is 14.3. The number of hydrogen-bond donors (Lipinski definition) is 1. The second-order valence-corrected chi connectivity index (χ2v) is 6.82. The first-order chi connectivity index (χ1) is 8.53. The summed E-state index contributed by atoms with van der Waals surface area (Å²) in [6, 6.07) is 0.634. The fraction of sp³-hybridized carbons (Fsp3) is 1.00. The minimum absolute atomic E-state index is 0.306. The minimum atomic E-state index is 0.306. The molecule has 1 N–H and O–H groups in total. The van der Waals surface area contributed by atoms with Crippen LogP contribution in [-0.4, -0.2) is 38.5 Å². The monoisotopic (exact) mass is 255 g/mol. The number of rotatable bonds is 7. The molecule has 0 aromatic carbocycles. The van der Waals surface area contributed by atoms with E-state index in [1.165, 1.54) is 6.42 Å². The Balaban J connectivity index is 1.59. The van der Waals surface area contributed by atoms with Crippen LogP contribution >= 0.6 is 0 Å². The maximum absolute atomic E-state index is 5.80. The minimum Gasteiger partial charge on any atom is -0.381 e. The standard InChI is InChI=1S/C15H29NO2/c1-11(2)10-17-8-5-7-16-13-12-6-9-18-14(12)15(13,3)4/h11-14,16H,5-10H2,1-4H3. The summed E-state index contributed by atoms with van der Waals surface area (Å²) in [6.07, 6.45) is 2.83. The molecule has 3 heteroatoms. The van der Waals surface area contributed by atoms with E-state index in [9.17, 15) is 0 Å². The van der Waals surface area contributed by atoms with Crippen molar-refractivity contribution in [1.82, 2.24) is 5.32 Å². The van der Waals surface area contributed by atoms with Crippen molar-refractivity contribution >= 4 is 0 Å². The molecule has 2 fully saturated rings. The summed E-state index contributed by atoms with van der Waals surface area (Å²) in [5, 5.41) is 3.71. The first-order valence-corrected chi connectivity index (χ1v) is 7.46. The summed E-state index contributed by atoms with van der Waals surface area (Å²) >= 11 is 0. The van der Waals surface area contributed by atoms with Crippen LogP contribution in [0, 0.1) is 17.3 Å². The molecule has 1 aliphatic heterocycles. The maximum atomic E-state index is 5.80. The highest BCUT2D eigenvalue weighted by molar-refractivity contribution is 5.11. The van der Waals surface area contributed by atoms with E-state index in [4.69, 9.17) is 9.47 Å². The Hall–Kier alpha value is -0.120. The lowest BCUT2D eigenvalue weighted by Crippen LogP contribution is -2.65. The van der Waals surface area contributed by atoms with Gasteiger partial charge in [0.1, 0.15) is 0 Å². The highest BCUT2D eigenvalue weighted by Gasteiger charge is 2.58. The summed E-state index contributed by atoms with van der Waals surface area (Å²) in [5.41, 5.74) is 0.306. The predicted molar refractivity (Wildman–Crippen MR) is 73.7 cm³/mol. The van der Waals surface area contributed by atoms with Crippen LogP contribution in [0.5, 0.6) is 0 Å². The van der Waals surface area contributed by atoms with Crippen LogP contribution < -0.4 is 5.32 Å². The maximum Gasteiger partial charge on any atom is 0.0685 e. The Morgan fingerprint density at radius 3 is 2.89 bits per heavy atom. The summed E-state index contributed by atoms with van der Waals surface area (Å²) in [4.78, 5) is 0. The lowest BCUT2D eigenvalue weighted by molar-refractivity contribution is -0.112. The van der Waals surface area contributed by atoms with Gasteiger partial charge in [-0.25, -0.2) is 0 Å². The molecule has 3 atom stereocenters. The van der Waals surface area contributed by atoms with Gasteiger partial charge in [0.25, 0.3) is 0 Å². The smallest absolute Gasteiger partial charge is 0.0685 e. The number of ether oxygens (including phenoxy) is 2. The lowest BCUT2D eigenvalue weighted by atomic mass is 9.57. The highest BCUT2D eigenvalue weighted by atomic mass is 16.5. The molecule has 2 aliphatic rings. The van der Waals surface area contributed by atoms with E-state index in [1.807, 2.05) is 0 Å². The average molecular weight is 255 g/mol. The van der Waals surface area contributed by atoms with Crippen molar-refractivity contribution < 1.29 is 9.47 Å². The molecule has 106 valence electrons. The Morgan fingerprint density at radius 2 is 2.17 bits per heavy atom. The molecule has 1 heterocycles. The summed E-state index contributed by atoms with van der Waals surface area (Å²) in [6.45, 7) is 12.8. The largest absolute Gasteiger partial charge is 0.381 e. The van der Waals surface area contributed by atoms with E-state index >= 15 is 0 Å². The van der Waals surface area contributed by atoms with E-state index in [2.05, 4.69) is 33.0 Å². The summed E-state index contributed by atoms with van der Waals surface area (Å²) in [5.74, 6) is 1.39. The van der Waals surface area contributed by atoms with Crippen molar-refractivity contribution in [2.45, 2.75) is 52.7 Å². The molecule has 0 aromatic heterocycles. The van der Waals surface area contributed by atoms with Gasteiger partial charge in [-0.05, 0) is 25.3 Å². The lowest BCUT2D eigenvalue weighted by Gasteiger charge is -2.55. The molecule has 0 aromatic rings. The zero-order chi connectivity index (χ0) is 13.2. The van der Waals surface area contributed by atoms with Crippen LogP contribution in [0.2, 0.25) is 0 Å². The molecule has 1 saturated heterocycles. The molecule has 0 spiro atoms. The molecule has 0 bridgehead atoms. The third-order valence-electron chi connectivity index (χ3n) is 4.38. The number of fused-ring (bicyclic) bond motifs is 1. The van der Waals surface area contributed by atoms with Crippen molar-refractivity contribution in [1.29, 1.82) is 0 Å². The van der Waals surface area contributed by atoms with Crippen LogP contribution in [0.1, 0.15) is 40.5 Å². The quantitative estimate of drug-likeness (QED) is 0.709. The van der Waals surface area contributed by atoms with Crippen molar-refractivity contribution in [3.63, 3.8) is 0 Å². The Morgan fingerprint density at radius 1 is 1.39 bits per heavy atom. The average Bonchev–Trinajstić information content (AvgIpc) is 2.73. The van der Waals surface area contributed by atoms with Gasteiger partial charge in [0.05, 0.1) is 6.10 Å². The summed E-state index contributed by atoms with van der Waals surface area (Å²) < 4.78 is 11.4. The van der Waals surface area contributed by atoms with Crippen LogP contribution in [0.15, 0.2) is 0 Å². The van der Waals surface area contributed by atoms with Crippen LogP contribution in [0.3, 0.4) is 0 Å². The van der Waals surface area contributed by atoms with Gasteiger partial charge in [0.15, 0.2) is 0 Å². The van der Waals surface area contributed by atoms with E-state index in [0.717, 1.165) is 38.7 Å². The van der Waals surface area contributed by atoms with E-state index < -0.39 is 0 Å². The van der Waals surface area contributed by atoms with Gasteiger partial charge in [-0.15, -0.1) is 0 Å². The Labute approximate surface area is 112 Å².